The van der Waals surface area contributed by atoms with E-state index >= 15 is 0 Å². The smallest absolute Gasteiger partial charge is 0.187 e. The van der Waals surface area contributed by atoms with E-state index in [-0.39, 0.29) is 11.2 Å². The number of carbonyl (C=O) groups is 1. The first-order chi connectivity index (χ1) is 16.2. The summed E-state index contributed by atoms with van der Waals surface area (Å²) in [6, 6.07) is 33.2. The largest absolute Gasteiger partial charge is 0.295 e. The fourth-order valence-corrected chi connectivity index (χ4v) is 7.64. The third-order valence-electron chi connectivity index (χ3n) is 7.65. The van der Waals surface area contributed by atoms with E-state index in [0.717, 1.165) is 18.9 Å². The lowest BCUT2D eigenvalue weighted by atomic mass is 9.80. The average Bonchev–Trinajstić information content (AvgIpc) is 3.47. The molecule has 3 heteroatoms. The molecule has 0 amide bonds. The molecule has 3 aromatic carbocycles. The van der Waals surface area contributed by atoms with Crippen molar-refractivity contribution in [2.24, 2.45) is 5.92 Å². The minimum absolute atomic E-state index is 0.169. The van der Waals surface area contributed by atoms with Crippen LogP contribution in [0.2, 0.25) is 0 Å². The second kappa shape index (κ2) is 9.87. The number of hydrogen-bond acceptors (Lipinski definition) is 3. The van der Waals surface area contributed by atoms with E-state index in [0.29, 0.717) is 6.04 Å². The van der Waals surface area contributed by atoms with Gasteiger partial charge in [-0.25, -0.2) is 0 Å². The van der Waals surface area contributed by atoms with Crippen molar-refractivity contribution < 1.29 is 4.79 Å². The van der Waals surface area contributed by atoms with Gasteiger partial charge in [-0.3, -0.25) is 9.69 Å². The van der Waals surface area contributed by atoms with Crippen molar-refractivity contribution in [3.8, 4) is 0 Å². The Morgan fingerprint density at radius 3 is 2.03 bits per heavy atom. The summed E-state index contributed by atoms with van der Waals surface area (Å²) in [5.41, 5.74) is 3.78. The standard InChI is InChI=1S/C30H33NOS/c1-23(32)33-30(26-15-7-3-8-16-26,27-17-9-4-10-18-27)29(22-24-12-5-2-6-13-24)31-21-20-25-14-11-19-28(25)31/h2-10,12-13,15-18,25,28-29H,11,14,19-22H2,1H3/t25-,28-,29-/m0/s1. The highest BCUT2D eigenvalue weighted by molar-refractivity contribution is 8.14. The maximum Gasteiger partial charge on any atom is 0.187 e. The molecule has 5 rings (SSSR count). The first kappa shape index (κ1) is 22.4. The summed E-state index contributed by atoms with van der Waals surface area (Å²) in [6.07, 6.45) is 6.16. The number of likely N-dealkylation sites (tertiary alicyclic amines) is 1. The molecule has 2 nitrogen and oxygen atoms in total. The zero-order chi connectivity index (χ0) is 22.7. The van der Waals surface area contributed by atoms with Crippen LogP contribution in [0.3, 0.4) is 0 Å². The molecule has 170 valence electrons. The molecule has 0 spiro atoms. The zero-order valence-corrected chi connectivity index (χ0v) is 20.2. The molecule has 1 saturated carbocycles. The Hall–Kier alpha value is -2.36. The lowest BCUT2D eigenvalue weighted by Crippen LogP contribution is -2.53. The minimum atomic E-state index is -0.471. The first-order valence-electron chi connectivity index (χ1n) is 12.3. The highest BCUT2D eigenvalue weighted by Crippen LogP contribution is 2.52. The van der Waals surface area contributed by atoms with Crippen LogP contribution in [0.5, 0.6) is 0 Å². The van der Waals surface area contributed by atoms with Crippen LogP contribution in [0.25, 0.3) is 0 Å². The first-order valence-corrected chi connectivity index (χ1v) is 13.1. The third-order valence-corrected chi connectivity index (χ3v) is 9.01. The fraction of sp³-hybridized carbons (Fsp3) is 0.367. The van der Waals surface area contributed by atoms with Crippen molar-refractivity contribution >= 4 is 16.9 Å². The van der Waals surface area contributed by atoms with E-state index in [1.807, 2.05) is 0 Å². The number of benzene rings is 3. The Balaban J connectivity index is 1.72. The lowest BCUT2D eigenvalue weighted by Gasteiger charge is -2.47. The molecule has 3 aromatic rings. The normalized spacial score (nSPS) is 21.6. The highest BCUT2D eigenvalue weighted by Gasteiger charge is 2.51. The Morgan fingerprint density at radius 1 is 0.879 bits per heavy atom. The number of hydrogen-bond donors (Lipinski definition) is 0. The summed E-state index contributed by atoms with van der Waals surface area (Å²) in [5, 5.41) is 0.169. The number of thioether (sulfide) groups is 1. The maximum atomic E-state index is 12.9. The van der Waals surface area contributed by atoms with Crippen molar-refractivity contribution in [1.29, 1.82) is 0 Å². The quantitative estimate of drug-likeness (QED) is 0.396. The van der Waals surface area contributed by atoms with Gasteiger partial charge < -0.3 is 0 Å². The van der Waals surface area contributed by atoms with Gasteiger partial charge >= 0.3 is 0 Å². The second-order valence-corrected chi connectivity index (χ2v) is 11.0. The van der Waals surface area contributed by atoms with Crippen molar-refractivity contribution in [3.05, 3.63) is 108 Å². The molecule has 0 aromatic heterocycles. The fourth-order valence-electron chi connectivity index (χ4n) is 6.33. The third kappa shape index (κ3) is 4.41. The van der Waals surface area contributed by atoms with Crippen LogP contribution in [-0.4, -0.2) is 28.6 Å². The molecule has 1 saturated heterocycles. The van der Waals surface area contributed by atoms with E-state index < -0.39 is 4.75 Å². The molecule has 0 N–H and O–H groups in total. The monoisotopic (exact) mass is 455 g/mol. The summed E-state index contributed by atoms with van der Waals surface area (Å²) in [7, 11) is 0. The Labute approximate surface area is 202 Å². The van der Waals surface area contributed by atoms with Gasteiger partial charge in [0.05, 0.1) is 4.75 Å². The Kier molecular flexibility index (Phi) is 6.71. The molecular formula is C30H33NOS. The van der Waals surface area contributed by atoms with Crippen LogP contribution in [0.15, 0.2) is 91.0 Å². The van der Waals surface area contributed by atoms with Gasteiger partial charge in [0.2, 0.25) is 0 Å². The molecule has 2 aliphatic rings. The molecule has 3 atom stereocenters. The van der Waals surface area contributed by atoms with Crippen LogP contribution in [0.1, 0.15) is 49.3 Å². The van der Waals surface area contributed by atoms with Crippen molar-refractivity contribution in [2.75, 3.05) is 6.54 Å². The van der Waals surface area contributed by atoms with Gasteiger partial charge in [-0.2, -0.15) is 0 Å². The van der Waals surface area contributed by atoms with E-state index in [1.54, 1.807) is 6.92 Å². The van der Waals surface area contributed by atoms with E-state index in [1.165, 1.54) is 54.1 Å². The summed E-state index contributed by atoms with van der Waals surface area (Å²) in [4.78, 5) is 15.7. The molecule has 2 fully saturated rings. The number of carbonyl (C=O) groups excluding carboxylic acids is 1. The van der Waals surface area contributed by atoms with Gasteiger partial charge in [0.1, 0.15) is 0 Å². The number of fused-ring (bicyclic) bond motifs is 1. The van der Waals surface area contributed by atoms with Crippen LogP contribution in [0, 0.1) is 5.92 Å². The van der Waals surface area contributed by atoms with Crippen LogP contribution in [-0.2, 0) is 16.0 Å². The van der Waals surface area contributed by atoms with E-state index in [9.17, 15) is 4.79 Å². The van der Waals surface area contributed by atoms with Gasteiger partial charge in [-0.05, 0) is 54.8 Å². The van der Waals surface area contributed by atoms with E-state index in [4.69, 9.17) is 0 Å². The van der Waals surface area contributed by atoms with Gasteiger partial charge in [-0.15, -0.1) is 0 Å². The number of nitrogens with zero attached hydrogens (tertiary/aromatic N) is 1. The molecule has 1 heterocycles. The van der Waals surface area contributed by atoms with Crippen LogP contribution >= 0.6 is 11.8 Å². The Bertz CT molecular complexity index is 1010. The lowest BCUT2D eigenvalue weighted by molar-refractivity contribution is -0.109. The van der Waals surface area contributed by atoms with Crippen LogP contribution in [0.4, 0.5) is 0 Å². The molecular weight excluding hydrogens is 422 g/mol. The summed E-state index contributed by atoms with van der Waals surface area (Å²) >= 11 is 1.52. The second-order valence-electron chi connectivity index (χ2n) is 9.55. The molecule has 0 radical (unpaired) electrons. The van der Waals surface area contributed by atoms with Gasteiger partial charge in [-0.1, -0.05) is 109 Å². The van der Waals surface area contributed by atoms with Gasteiger partial charge in [0, 0.05) is 19.0 Å². The zero-order valence-electron chi connectivity index (χ0n) is 19.4. The summed E-state index contributed by atoms with van der Waals surface area (Å²) in [6.45, 7) is 2.85. The summed E-state index contributed by atoms with van der Waals surface area (Å²) < 4.78 is -0.471. The Morgan fingerprint density at radius 2 is 1.45 bits per heavy atom. The van der Waals surface area contributed by atoms with Gasteiger partial charge in [0.25, 0.3) is 0 Å². The topological polar surface area (TPSA) is 20.3 Å². The van der Waals surface area contributed by atoms with Crippen LogP contribution < -0.4 is 0 Å². The SMILES string of the molecule is CC(=O)SC(c1ccccc1)(c1ccccc1)[C@H](Cc1ccccc1)N1CC[C@@H]2CCC[C@@H]21. The maximum absolute atomic E-state index is 12.9. The number of rotatable bonds is 7. The van der Waals surface area contributed by atoms with Crippen molar-refractivity contribution in [1.82, 2.24) is 4.90 Å². The highest BCUT2D eigenvalue weighted by atomic mass is 32.2. The summed E-state index contributed by atoms with van der Waals surface area (Å²) in [5.74, 6) is 0.801. The molecule has 0 unspecified atom stereocenters. The van der Waals surface area contributed by atoms with Crippen molar-refractivity contribution in [3.63, 3.8) is 0 Å². The minimum Gasteiger partial charge on any atom is -0.295 e. The molecule has 0 bridgehead atoms. The molecule has 1 aliphatic heterocycles. The predicted octanol–water partition coefficient (Wildman–Crippen LogP) is 6.70. The van der Waals surface area contributed by atoms with Crippen molar-refractivity contribution in [2.45, 2.75) is 55.9 Å². The predicted molar refractivity (Wildman–Crippen MR) is 138 cm³/mol. The average molecular weight is 456 g/mol. The van der Waals surface area contributed by atoms with E-state index in [2.05, 4.69) is 95.9 Å². The van der Waals surface area contributed by atoms with Gasteiger partial charge in [0.15, 0.2) is 5.12 Å². The molecule has 33 heavy (non-hydrogen) atoms. The molecule has 1 aliphatic carbocycles.